The van der Waals surface area contributed by atoms with Gasteiger partial charge in [0, 0.05) is 35.0 Å². The van der Waals surface area contributed by atoms with Gasteiger partial charge in [-0.3, -0.25) is 10.1 Å². The zero-order chi connectivity index (χ0) is 25.7. The highest BCUT2D eigenvalue weighted by atomic mass is 32.2. The van der Waals surface area contributed by atoms with E-state index in [4.69, 9.17) is 9.47 Å². The quantitative estimate of drug-likeness (QED) is 0.200. The van der Waals surface area contributed by atoms with E-state index in [2.05, 4.69) is 15.5 Å². The van der Waals surface area contributed by atoms with Gasteiger partial charge < -0.3 is 14.0 Å². The molecule has 0 saturated carbocycles. The second-order valence-corrected chi connectivity index (χ2v) is 10.8. The van der Waals surface area contributed by atoms with Crippen molar-refractivity contribution in [2.45, 2.75) is 10.9 Å². The van der Waals surface area contributed by atoms with Crippen LogP contribution in [0.25, 0.3) is 17.0 Å². The minimum Gasteiger partial charge on any atom is -0.497 e. The van der Waals surface area contributed by atoms with Crippen LogP contribution in [0.15, 0.2) is 64.6 Å². The van der Waals surface area contributed by atoms with Crippen molar-refractivity contribution in [2.24, 2.45) is 0 Å². The Morgan fingerprint density at radius 1 is 1.19 bits per heavy atom. The molecule has 0 aliphatic heterocycles. The normalized spacial score (nSPS) is 11.8. The highest BCUT2D eigenvalue weighted by Crippen LogP contribution is 2.25. The lowest BCUT2D eigenvalue weighted by Crippen LogP contribution is -2.13. The number of sulfone groups is 1. The SMILES string of the molecule is COc1cccc(OCCn2cc(/C=C(/C#N)C(=O)Nc3nnc(S(C)(=O)=O)s3)c3ccccc32)c1. The number of fused-ring (bicyclic) bond motifs is 1. The average Bonchev–Trinajstić information content (AvgIpc) is 3.48. The number of benzene rings is 2. The van der Waals surface area contributed by atoms with Crippen LogP contribution in [0, 0.1) is 11.3 Å². The van der Waals surface area contributed by atoms with E-state index in [1.54, 1.807) is 13.2 Å². The van der Waals surface area contributed by atoms with E-state index in [0.717, 1.165) is 17.2 Å². The number of para-hydroxylation sites is 1. The molecule has 0 atom stereocenters. The smallest absolute Gasteiger partial charge is 0.268 e. The second kappa shape index (κ2) is 10.6. The molecule has 0 aliphatic rings. The Kier molecular flexibility index (Phi) is 7.33. The minimum atomic E-state index is -3.55. The molecule has 36 heavy (non-hydrogen) atoms. The van der Waals surface area contributed by atoms with E-state index >= 15 is 0 Å². The predicted molar refractivity (Wildman–Crippen MR) is 136 cm³/mol. The third-order valence-electron chi connectivity index (χ3n) is 5.07. The fourth-order valence-corrected chi connectivity index (χ4v) is 4.91. The first-order valence-corrected chi connectivity index (χ1v) is 13.3. The van der Waals surface area contributed by atoms with Gasteiger partial charge in [0.15, 0.2) is 0 Å². The van der Waals surface area contributed by atoms with Gasteiger partial charge in [-0.1, -0.05) is 35.6 Å². The van der Waals surface area contributed by atoms with Crippen LogP contribution in [-0.4, -0.2) is 49.1 Å². The lowest BCUT2D eigenvalue weighted by atomic mass is 10.1. The number of hydrogen-bond donors (Lipinski definition) is 1. The number of amides is 1. The molecule has 4 rings (SSSR count). The van der Waals surface area contributed by atoms with Gasteiger partial charge in [0.2, 0.25) is 19.3 Å². The molecular weight excluding hydrogens is 502 g/mol. The molecular formula is C24H21N5O5S2. The van der Waals surface area contributed by atoms with E-state index in [1.165, 1.54) is 6.08 Å². The van der Waals surface area contributed by atoms with Gasteiger partial charge in [-0.25, -0.2) is 8.42 Å². The summed E-state index contributed by atoms with van der Waals surface area (Å²) < 4.78 is 36.0. The van der Waals surface area contributed by atoms with E-state index < -0.39 is 15.7 Å². The Hall–Kier alpha value is -4.21. The van der Waals surface area contributed by atoms with Gasteiger partial charge >= 0.3 is 0 Å². The molecule has 12 heteroatoms. The molecule has 0 radical (unpaired) electrons. The molecule has 0 bridgehead atoms. The molecule has 1 N–H and O–H groups in total. The van der Waals surface area contributed by atoms with Crippen LogP contribution in [-0.2, 0) is 21.2 Å². The van der Waals surface area contributed by atoms with Gasteiger partial charge in [-0.05, 0) is 24.3 Å². The fourth-order valence-electron chi connectivity index (χ4n) is 3.41. The summed E-state index contributed by atoms with van der Waals surface area (Å²) in [4.78, 5) is 12.7. The lowest BCUT2D eigenvalue weighted by Gasteiger charge is -2.09. The monoisotopic (exact) mass is 523 g/mol. The van der Waals surface area contributed by atoms with Gasteiger partial charge in [0.25, 0.3) is 5.91 Å². The van der Waals surface area contributed by atoms with Gasteiger partial charge in [0.05, 0.1) is 13.7 Å². The van der Waals surface area contributed by atoms with Crippen molar-refractivity contribution >= 4 is 49.2 Å². The number of anilines is 1. The number of hydrogen-bond acceptors (Lipinski definition) is 9. The number of methoxy groups -OCH3 is 1. The summed E-state index contributed by atoms with van der Waals surface area (Å²) in [6.45, 7) is 0.916. The van der Waals surface area contributed by atoms with Crippen LogP contribution < -0.4 is 14.8 Å². The summed E-state index contributed by atoms with van der Waals surface area (Å²) in [5, 5.41) is 20.1. The molecule has 0 fully saturated rings. The number of carbonyl (C=O) groups is 1. The number of nitriles is 1. The molecule has 4 aromatic rings. The molecule has 0 spiro atoms. The highest BCUT2D eigenvalue weighted by Gasteiger charge is 2.18. The van der Waals surface area contributed by atoms with Crippen molar-refractivity contribution in [1.29, 1.82) is 5.26 Å². The van der Waals surface area contributed by atoms with Crippen LogP contribution >= 0.6 is 11.3 Å². The molecule has 184 valence electrons. The summed E-state index contributed by atoms with van der Waals surface area (Å²) in [6, 6.07) is 16.9. The predicted octanol–water partition coefficient (Wildman–Crippen LogP) is 3.53. The first kappa shape index (κ1) is 24.9. The Morgan fingerprint density at radius 2 is 1.97 bits per heavy atom. The number of rotatable bonds is 9. The van der Waals surface area contributed by atoms with Crippen molar-refractivity contribution < 1.29 is 22.7 Å². The molecule has 2 aromatic heterocycles. The van der Waals surface area contributed by atoms with Crippen LogP contribution in [0.1, 0.15) is 5.56 Å². The summed E-state index contributed by atoms with van der Waals surface area (Å²) in [5.41, 5.74) is 1.42. The maximum Gasteiger partial charge on any atom is 0.268 e. The lowest BCUT2D eigenvalue weighted by molar-refractivity contribution is -0.112. The topological polar surface area (TPSA) is 136 Å². The first-order chi connectivity index (χ1) is 17.3. The number of nitrogens with one attached hydrogen (secondary N) is 1. The zero-order valence-corrected chi connectivity index (χ0v) is 21.0. The molecule has 10 nitrogen and oxygen atoms in total. The summed E-state index contributed by atoms with van der Waals surface area (Å²) in [5.74, 6) is 0.673. The number of ether oxygens (including phenoxy) is 2. The van der Waals surface area contributed by atoms with Gasteiger partial charge in [-0.2, -0.15) is 5.26 Å². The van der Waals surface area contributed by atoms with Crippen molar-refractivity contribution in [3.63, 3.8) is 0 Å². The van der Waals surface area contributed by atoms with Crippen LogP contribution in [0.4, 0.5) is 5.13 Å². The standard InChI is InChI=1S/C24H21N5O5S2/c1-33-18-6-5-7-19(13-18)34-11-10-29-15-17(20-8-3-4-9-21(20)29)12-16(14-25)22(30)26-23-27-28-24(35-23)36(2,31)32/h3-9,12-13,15H,10-11H2,1-2H3,(H,26,27,30)/b16-12-. The van der Waals surface area contributed by atoms with Crippen molar-refractivity contribution in [2.75, 3.05) is 25.3 Å². The van der Waals surface area contributed by atoms with Crippen molar-refractivity contribution in [3.05, 3.63) is 65.9 Å². The van der Waals surface area contributed by atoms with Crippen LogP contribution in [0.3, 0.4) is 0 Å². The van der Waals surface area contributed by atoms with Crippen LogP contribution in [0.5, 0.6) is 11.5 Å². The van der Waals surface area contributed by atoms with E-state index in [1.807, 2.05) is 59.3 Å². The molecule has 2 heterocycles. The van der Waals surface area contributed by atoms with Crippen LogP contribution in [0.2, 0.25) is 0 Å². The molecule has 2 aromatic carbocycles. The molecule has 0 aliphatic carbocycles. The van der Waals surface area contributed by atoms with Crippen molar-refractivity contribution in [1.82, 2.24) is 14.8 Å². The first-order valence-electron chi connectivity index (χ1n) is 10.6. The summed E-state index contributed by atoms with van der Waals surface area (Å²) >= 11 is 0.714. The fraction of sp³-hybridized carbons (Fsp3) is 0.167. The number of carbonyl (C=O) groups excluding carboxylic acids is 1. The Bertz CT molecular complexity index is 1600. The maximum absolute atomic E-state index is 12.7. The maximum atomic E-state index is 12.7. The molecule has 1 amide bonds. The van der Waals surface area contributed by atoms with E-state index in [0.29, 0.717) is 41.6 Å². The summed E-state index contributed by atoms with van der Waals surface area (Å²) in [6.07, 6.45) is 4.32. The van der Waals surface area contributed by atoms with E-state index in [-0.39, 0.29) is 15.0 Å². The largest absolute Gasteiger partial charge is 0.497 e. The molecule has 0 saturated heterocycles. The Morgan fingerprint density at radius 3 is 2.69 bits per heavy atom. The second-order valence-electron chi connectivity index (χ2n) is 7.59. The zero-order valence-electron chi connectivity index (χ0n) is 19.3. The van der Waals surface area contributed by atoms with E-state index in [9.17, 15) is 18.5 Å². The molecule has 0 unspecified atom stereocenters. The Balaban J connectivity index is 1.54. The highest BCUT2D eigenvalue weighted by molar-refractivity contribution is 7.92. The third kappa shape index (κ3) is 5.70. The van der Waals surface area contributed by atoms with Gasteiger partial charge in [0.1, 0.15) is 29.7 Å². The minimum absolute atomic E-state index is 0.0151. The van der Waals surface area contributed by atoms with Crippen molar-refractivity contribution in [3.8, 4) is 17.6 Å². The number of nitrogens with zero attached hydrogens (tertiary/aromatic N) is 4. The summed E-state index contributed by atoms with van der Waals surface area (Å²) in [7, 11) is -1.95. The van der Waals surface area contributed by atoms with Gasteiger partial charge in [-0.15, -0.1) is 10.2 Å². The Labute approximate surface area is 211 Å². The third-order valence-corrected chi connectivity index (χ3v) is 7.58. The number of aromatic nitrogens is 3. The average molecular weight is 524 g/mol.